The van der Waals surface area contributed by atoms with Crippen LogP contribution in [0.4, 0.5) is 17.1 Å². The molecule has 0 saturated heterocycles. The molecule has 61 heavy (non-hydrogen) atoms. The number of rotatable bonds is 5. The van der Waals surface area contributed by atoms with Crippen molar-refractivity contribution in [1.29, 1.82) is 0 Å². The number of fused-ring (bicyclic) bond motifs is 12. The van der Waals surface area contributed by atoms with Crippen LogP contribution in [0, 0.1) is 13.8 Å². The fraction of sp³-hybridized carbons (Fsp3) is 0.0345. The second-order valence-electron chi connectivity index (χ2n) is 16.6. The Morgan fingerprint density at radius 2 is 0.934 bits per heavy atom. The fourth-order valence-corrected chi connectivity index (χ4v) is 10.2. The first-order chi connectivity index (χ1) is 30.1. The van der Waals surface area contributed by atoms with Crippen LogP contribution < -0.4 is 4.90 Å². The maximum absolute atomic E-state index is 7.07. The minimum atomic E-state index is 0.887. The topological polar surface area (TPSA) is 21.3 Å². The highest BCUT2D eigenvalue weighted by atomic mass is 16.3. The molecular formula is C58H38N2O. The van der Waals surface area contributed by atoms with Crippen LogP contribution in [0.3, 0.4) is 0 Å². The number of hydrogen-bond donors (Lipinski definition) is 0. The molecule has 0 unspecified atom stereocenters. The number of anilines is 3. The Labute approximate surface area is 353 Å². The monoisotopic (exact) mass is 778 g/mol. The molecule has 0 saturated carbocycles. The number of benzene rings is 10. The average molecular weight is 779 g/mol. The van der Waals surface area contributed by atoms with Crippen molar-refractivity contribution in [2.24, 2.45) is 0 Å². The predicted octanol–water partition coefficient (Wildman–Crippen LogP) is 16.4. The minimum absolute atomic E-state index is 0.887. The van der Waals surface area contributed by atoms with Gasteiger partial charge in [-0.2, -0.15) is 0 Å². The van der Waals surface area contributed by atoms with Gasteiger partial charge in [0.25, 0.3) is 0 Å². The van der Waals surface area contributed by atoms with Crippen molar-refractivity contribution < 1.29 is 4.42 Å². The Balaban J connectivity index is 0.950. The van der Waals surface area contributed by atoms with Crippen LogP contribution in [-0.2, 0) is 0 Å². The van der Waals surface area contributed by atoms with Gasteiger partial charge in [-0.05, 0) is 147 Å². The van der Waals surface area contributed by atoms with Crippen LogP contribution in [0.1, 0.15) is 11.1 Å². The number of furan rings is 1. The average Bonchev–Trinajstić information content (AvgIpc) is 3.85. The van der Waals surface area contributed by atoms with E-state index in [4.69, 9.17) is 4.42 Å². The highest BCUT2D eigenvalue weighted by molar-refractivity contribution is 6.16. The van der Waals surface area contributed by atoms with Crippen molar-refractivity contribution in [3.63, 3.8) is 0 Å². The summed E-state index contributed by atoms with van der Waals surface area (Å²) in [7, 11) is 0. The minimum Gasteiger partial charge on any atom is -0.453 e. The van der Waals surface area contributed by atoms with Crippen molar-refractivity contribution >= 4 is 82.4 Å². The van der Waals surface area contributed by atoms with Gasteiger partial charge in [-0.3, -0.25) is 0 Å². The van der Waals surface area contributed by atoms with Crippen molar-refractivity contribution in [2.75, 3.05) is 4.90 Å². The van der Waals surface area contributed by atoms with E-state index in [1.165, 1.54) is 82.4 Å². The molecular weight excluding hydrogens is 741 g/mol. The molecule has 0 amide bonds. The number of hydrogen-bond acceptors (Lipinski definition) is 2. The van der Waals surface area contributed by atoms with E-state index >= 15 is 0 Å². The van der Waals surface area contributed by atoms with Gasteiger partial charge in [-0.15, -0.1) is 0 Å². The lowest BCUT2D eigenvalue weighted by Gasteiger charge is -2.28. The van der Waals surface area contributed by atoms with Crippen LogP contribution >= 0.6 is 0 Å². The third-order valence-electron chi connectivity index (χ3n) is 13.1. The summed E-state index contributed by atoms with van der Waals surface area (Å²) in [5, 5.41) is 9.71. The number of nitrogens with zero attached hydrogens (tertiary/aromatic N) is 2. The second-order valence-corrected chi connectivity index (χ2v) is 16.6. The van der Waals surface area contributed by atoms with E-state index in [0.29, 0.717) is 0 Å². The molecule has 1 aliphatic carbocycles. The lowest BCUT2D eigenvalue weighted by Crippen LogP contribution is -2.11. The largest absolute Gasteiger partial charge is 0.453 e. The van der Waals surface area contributed by atoms with E-state index < -0.39 is 0 Å². The van der Waals surface area contributed by atoms with Gasteiger partial charge >= 0.3 is 0 Å². The van der Waals surface area contributed by atoms with E-state index in [-0.39, 0.29) is 0 Å². The van der Waals surface area contributed by atoms with E-state index in [2.05, 4.69) is 217 Å². The van der Waals surface area contributed by atoms with Crippen LogP contribution in [0.2, 0.25) is 0 Å². The van der Waals surface area contributed by atoms with Gasteiger partial charge in [-0.25, -0.2) is 0 Å². The first-order valence-corrected chi connectivity index (χ1v) is 21.1. The Hall–Kier alpha value is -7.88. The molecule has 0 spiro atoms. The summed E-state index contributed by atoms with van der Waals surface area (Å²) in [6, 6.07) is 71.0. The standard InChI is InChI=1S/C58H38N2O/c1-35-13-6-7-16-44(35)47-19-12-20-48-49-28-23-36(2)56(58(49)61-57(47)48)59(41-14-4-3-5-15-41)42-26-24-37-31-50-51-32-38-25-27-43(30-40(38)34-53(51)52(50)33-39(37)29-42)60-54-21-10-8-17-45(54)46-18-9-11-22-55(46)60/h3-34H,1-2H3. The molecule has 1 aliphatic rings. The normalized spacial score (nSPS) is 12.1. The first-order valence-electron chi connectivity index (χ1n) is 21.1. The van der Waals surface area contributed by atoms with Gasteiger partial charge in [0.15, 0.2) is 5.58 Å². The Kier molecular flexibility index (Phi) is 7.15. The zero-order valence-corrected chi connectivity index (χ0v) is 33.8. The molecule has 0 atom stereocenters. The van der Waals surface area contributed by atoms with Gasteiger partial charge in [0.05, 0.1) is 16.7 Å². The molecule has 0 aliphatic heterocycles. The van der Waals surface area contributed by atoms with E-state index in [0.717, 1.165) is 50.1 Å². The summed E-state index contributed by atoms with van der Waals surface area (Å²) in [6.07, 6.45) is 0. The molecule has 2 heterocycles. The maximum atomic E-state index is 7.07. The third kappa shape index (κ3) is 4.98. The van der Waals surface area contributed by atoms with Gasteiger partial charge in [-0.1, -0.05) is 121 Å². The second kappa shape index (κ2) is 12.8. The van der Waals surface area contributed by atoms with Crippen LogP contribution in [0.15, 0.2) is 199 Å². The number of aryl methyl sites for hydroxylation is 2. The molecule has 0 radical (unpaired) electrons. The Bertz CT molecular complexity index is 3740. The molecule has 0 fully saturated rings. The lowest BCUT2D eigenvalue weighted by molar-refractivity contribution is 0.669. The molecule has 286 valence electrons. The summed E-state index contributed by atoms with van der Waals surface area (Å²) >= 11 is 0. The zero-order valence-electron chi connectivity index (χ0n) is 33.8. The number of para-hydroxylation sites is 4. The molecule has 0 N–H and O–H groups in total. The quantitative estimate of drug-likeness (QED) is 0.174. The third-order valence-corrected chi connectivity index (χ3v) is 13.1. The SMILES string of the molecule is Cc1ccccc1-c1cccc2c1oc1c(N(c3ccccc3)c3ccc4cc5c(cc4c3)-c3cc4cc(-n6c7ccccc7c7ccccc76)ccc4cc3-5)c(C)ccc12. The Morgan fingerprint density at radius 3 is 1.66 bits per heavy atom. The summed E-state index contributed by atoms with van der Waals surface area (Å²) in [4.78, 5) is 2.38. The predicted molar refractivity (Wildman–Crippen MR) is 257 cm³/mol. The van der Waals surface area contributed by atoms with Crippen molar-refractivity contribution in [3.8, 4) is 39.1 Å². The van der Waals surface area contributed by atoms with Crippen LogP contribution in [0.5, 0.6) is 0 Å². The summed E-state index contributed by atoms with van der Waals surface area (Å²) in [5.41, 5.74) is 18.6. The highest BCUT2D eigenvalue weighted by Gasteiger charge is 2.26. The molecule has 13 rings (SSSR count). The molecule has 3 heteroatoms. The highest BCUT2D eigenvalue weighted by Crippen LogP contribution is 2.52. The van der Waals surface area contributed by atoms with Gasteiger partial charge < -0.3 is 13.9 Å². The molecule has 2 aromatic heterocycles. The number of aromatic nitrogens is 1. The van der Waals surface area contributed by atoms with E-state index in [1.54, 1.807) is 0 Å². The first kappa shape index (κ1) is 34.0. The maximum Gasteiger partial charge on any atom is 0.159 e. The van der Waals surface area contributed by atoms with Crippen molar-refractivity contribution in [2.45, 2.75) is 13.8 Å². The summed E-state index contributed by atoms with van der Waals surface area (Å²) in [5.74, 6) is 0. The summed E-state index contributed by atoms with van der Waals surface area (Å²) in [6.45, 7) is 4.36. The van der Waals surface area contributed by atoms with Crippen LogP contribution in [-0.4, -0.2) is 4.57 Å². The van der Waals surface area contributed by atoms with Crippen molar-refractivity contribution in [1.82, 2.24) is 4.57 Å². The molecule has 12 aromatic rings. The van der Waals surface area contributed by atoms with Gasteiger partial charge in [0.1, 0.15) is 5.58 Å². The zero-order chi connectivity index (χ0) is 40.3. The van der Waals surface area contributed by atoms with Gasteiger partial charge in [0, 0.05) is 44.2 Å². The molecule has 0 bridgehead atoms. The van der Waals surface area contributed by atoms with Crippen LogP contribution in [0.25, 0.3) is 104 Å². The fourth-order valence-electron chi connectivity index (χ4n) is 10.2. The smallest absolute Gasteiger partial charge is 0.159 e. The van der Waals surface area contributed by atoms with Crippen molar-refractivity contribution in [3.05, 3.63) is 205 Å². The van der Waals surface area contributed by atoms with E-state index in [1.807, 2.05) is 0 Å². The lowest BCUT2D eigenvalue weighted by atomic mass is 9.78. The van der Waals surface area contributed by atoms with E-state index in [9.17, 15) is 0 Å². The van der Waals surface area contributed by atoms with Gasteiger partial charge in [0.2, 0.25) is 0 Å². The summed E-state index contributed by atoms with van der Waals surface area (Å²) < 4.78 is 9.47. The molecule has 10 aromatic carbocycles. The molecule has 3 nitrogen and oxygen atoms in total. The Morgan fingerprint density at radius 1 is 0.361 bits per heavy atom.